The Morgan fingerprint density at radius 1 is 1.36 bits per heavy atom. The Balaban J connectivity index is 1.90. The first-order valence-corrected chi connectivity index (χ1v) is 7.82. The molecule has 2 heterocycles. The largest absolute Gasteiger partial charge is 0.487 e. The van der Waals surface area contributed by atoms with Crippen molar-refractivity contribution >= 4 is 22.3 Å². The maximum absolute atomic E-state index is 11.4. The SMILES string of the molecule is CCc1ccc(OCc2c(C(=O)O)sc3ncc(C)n23)cc1. The number of hydrogen-bond donors (Lipinski definition) is 1. The molecule has 0 fully saturated rings. The first-order chi connectivity index (χ1) is 10.6. The van der Waals surface area contributed by atoms with Crippen molar-refractivity contribution in [3.05, 3.63) is 52.3 Å². The highest BCUT2D eigenvalue weighted by Crippen LogP contribution is 2.26. The number of hydrogen-bond acceptors (Lipinski definition) is 4. The summed E-state index contributed by atoms with van der Waals surface area (Å²) in [6, 6.07) is 7.84. The fraction of sp³-hybridized carbons (Fsp3) is 0.250. The van der Waals surface area contributed by atoms with E-state index in [0.717, 1.165) is 17.9 Å². The average Bonchev–Trinajstić information content (AvgIpc) is 3.06. The van der Waals surface area contributed by atoms with Gasteiger partial charge in [-0.25, -0.2) is 9.78 Å². The second-order valence-corrected chi connectivity index (χ2v) is 5.96. The zero-order chi connectivity index (χ0) is 15.7. The fourth-order valence-electron chi connectivity index (χ4n) is 2.34. The van der Waals surface area contributed by atoms with Gasteiger partial charge in [-0.15, -0.1) is 0 Å². The quantitative estimate of drug-likeness (QED) is 0.782. The summed E-state index contributed by atoms with van der Waals surface area (Å²) >= 11 is 1.17. The lowest BCUT2D eigenvalue weighted by molar-refractivity contribution is 0.0698. The van der Waals surface area contributed by atoms with Gasteiger partial charge in [-0.3, -0.25) is 4.40 Å². The zero-order valence-corrected chi connectivity index (χ0v) is 13.2. The van der Waals surface area contributed by atoms with Crippen molar-refractivity contribution in [1.82, 2.24) is 9.38 Å². The molecule has 0 aliphatic carbocycles. The minimum atomic E-state index is -0.949. The topological polar surface area (TPSA) is 63.8 Å². The van der Waals surface area contributed by atoms with Crippen molar-refractivity contribution in [3.8, 4) is 5.75 Å². The number of fused-ring (bicyclic) bond motifs is 1. The molecule has 0 saturated carbocycles. The van der Waals surface area contributed by atoms with E-state index >= 15 is 0 Å². The molecule has 2 aromatic heterocycles. The normalized spacial score (nSPS) is 11.0. The standard InChI is InChI=1S/C16H16N2O3S/c1-3-11-4-6-12(7-5-11)21-9-13-14(15(19)20)22-16-17-8-10(2)18(13)16/h4-8H,3,9H2,1-2H3,(H,19,20). The van der Waals surface area contributed by atoms with Gasteiger partial charge in [0, 0.05) is 11.9 Å². The van der Waals surface area contributed by atoms with E-state index in [1.807, 2.05) is 35.6 Å². The molecule has 0 aliphatic heterocycles. The lowest BCUT2D eigenvalue weighted by Crippen LogP contribution is -2.06. The molecule has 6 heteroatoms. The Labute approximate surface area is 131 Å². The Kier molecular flexibility index (Phi) is 3.85. The maximum Gasteiger partial charge on any atom is 0.347 e. The highest BCUT2D eigenvalue weighted by Gasteiger charge is 2.20. The van der Waals surface area contributed by atoms with Crippen LogP contribution >= 0.6 is 11.3 Å². The number of aryl methyl sites for hydroxylation is 2. The Morgan fingerprint density at radius 3 is 2.73 bits per heavy atom. The van der Waals surface area contributed by atoms with E-state index in [1.54, 1.807) is 6.20 Å². The number of aromatic nitrogens is 2. The molecule has 0 radical (unpaired) electrons. The van der Waals surface area contributed by atoms with Crippen LogP contribution in [0.15, 0.2) is 30.5 Å². The molecule has 0 aliphatic rings. The lowest BCUT2D eigenvalue weighted by atomic mass is 10.2. The number of carboxylic acids is 1. The molecular formula is C16H16N2O3S. The molecule has 0 unspecified atom stereocenters. The molecule has 1 aromatic carbocycles. The van der Waals surface area contributed by atoms with E-state index in [0.29, 0.717) is 10.7 Å². The monoisotopic (exact) mass is 316 g/mol. The van der Waals surface area contributed by atoms with E-state index in [9.17, 15) is 9.90 Å². The van der Waals surface area contributed by atoms with Gasteiger partial charge in [0.05, 0.1) is 5.69 Å². The van der Waals surface area contributed by atoms with Crippen LogP contribution in [0.5, 0.6) is 5.75 Å². The molecule has 0 saturated heterocycles. The van der Waals surface area contributed by atoms with Gasteiger partial charge in [-0.2, -0.15) is 0 Å². The Bertz CT molecular complexity index is 818. The summed E-state index contributed by atoms with van der Waals surface area (Å²) in [6.07, 6.45) is 2.71. The third-order valence-electron chi connectivity index (χ3n) is 3.53. The number of nitrogens with zero attached hydrogens (tertiary/aromatic N) is 2. The number of carbonyl (C=O) groups is 1. The summed E-state index contributed by atoms with van der Waals surface area (Å²) in [5, 5.41) is 9.36. The van der Waals surface area contributed by atoms with Gasteiger partial charge in [0.1, 0.15) is 17.2 Å². The van der Waals surface area contributed by atoms with Crippen molar-refractivity contribution in [2.75, 3.05) is 0 Å². The number of aromatic carboxylic acids is 1. The zero-order valence-electron chi connectivity index (χ0n) is 12.4. The van der Waals surface area contributed by atoms with E-state index < -0.39 is 5.97 Å². The minimum Gasteiger partial charge on any atom is -0.487 e. The first-order valence-electron chi connectivity index (χ1n) is 7.01. The average molecular weight is 316 g/mol. The van der Waals surface area contributed by atoms with Crippen molar-refractivity contribution < 1.29 is 14.6 Å². The van der Waals surface area contributed by atoms with Crippen LogP contribution in [0.4, 0.5) is 0 Å². The highest BCUT2D eigenvalue weighted by molar-refractivity contribution is 7.19. The van der Waals surface area contributed by atoms with Crippen molar-refractivity contribution in [3.63, 3.8) is 0 Å². The summed E-state index contributed by atoms with van der Waals surface area (Å²) < 4.78 is 7.61. The van der Waals surface area contributed by atoms with Crippen molar-refractivity contribution in [1.29, 1.82) is 0 Å². The summed E-state index contributed by atoms with van der Waals surface area (Å²) in [4.78, 5) is 16.6. The van der Waals surface area contributed by atoms with Crippen LogP contribution in [0.3, 0.4) is 0 Å². The predicted molar refractivity (Wildman–Crippen MR) is 84.9 cm³/mol. The van der Waals surface area contributed by atoms with Crippen LogP contribution in [-0.4, -0.2) is 20.5 Å². The summed E-state index contributed by atoms with van der Waals surface area (Å²) in [6.45, 7) is 4.20. The third kappa shape index (κ3) is 2.57. The van der Waals surface area contributed by atoms with Crippen LogP contribution in [0.1, 0.15) is 33.5 Å². The number of benzene rings is 1. The van der Waals surface area contributed by atoms with Crippen LogP contribution in [0.25, 0.3) is 4.96 Å². The number of thiazole rings is 1. The van der Waals surface area contributed by atoms with Gasteiger partial charge in [-0.05, 0) is 31.0 Å². The molecule has 5 nitrogen and oxygen atoms in total. The maximum atomic E-state index is 11.4. The molecule has 0 amide bonds. The molecular weight excluding hydrogens is 300 g/mol. The fourth-order valence-corrected chi connectivity index (χ4v) is 3.33. The number of imidazole rings is 1. The van der Waals surface area contributed by atoms with Crippen LogP contribution in [0, 0.1) is 6.92 Å². The van der Waals surface area contributed by atoms with E-state index in [1.165, 1.54) is 16.9 Å². The molecule has 0 atom stereocenters. The molecule has 22 heavy (non-hydrogen) atoms. The first kappa shape index (κ1) is 14.6. The highest BCUT2D eigenvalue weighted by atomic mass is 32.1. The smallest absolute Gasteiger partial charge is 0.347 e. The molecule has 3 rings (SSSR count). The van der Waals surface area contributed by atoms with Gasteiger partial charge in [0.25, 0.3) is 0 Å². The molecule has 114 valence electrons. The third-order valence-corrected chi connectivity index (χ3v) is 4.62. The minimum absolute atomic E-state index is 0.199. The second-order valence-electron chi connectivity index (χ2n) is 4.99. The van der Waals surface area contributed by atoms with E-state index in [4.69, 9.17) is 4.74 Å². The summed E-state index contributed by atoms with van der Waals surface area (Å²) in [5.74, 6) is -0.222. The van der Waals surface area contributed by atoms with E-state index in [2.05, 4.69) is 11.9 Å². The van der Waals surface area contributed by atoms with Gasteiger partial charge in [0.2, 0.25) is 0 Å². The molecule has 1 N–H and O–H groups in total. The lowest BCUT2D eigenvalue weighted by Gasteiger charge is -2.08. The van der Waals surface area contributed by atoms with Gasteiger partial charge >= 0.3 is 5.97 Å². The van der Waals surface area contributed by atoms with E-state index in [-0.39, 0.29) is 11.5 Å². The van der Waals surface area contributed by atoms with Gasteiger partial charge in [0.15, 0.2) is 4.96 Å². The van der Waals surface area contributed by atoms with Crippen LogP contribution in [-0.2, 0) is 13.0 Å². The van der Waals surface area contributed by atoms with Gasteiger partial charge < -0.3 is 9.84 Å². The molecule has 0 bridgehead atoms. The van der Waals surface area contributed by atoms with Crippen molar-refractivity contribution in [2.24, 2.45) is 0 Å². The van der Waals surface area contributed by atoms with Crippen LogP contribution < -0.4 is 4.74 Å². The number of carboxylic acid groups (broad SMARTS) is 1. The second kappa shape index (κ2) is 5.81. The number of rotatable bonds is 5. The Hall–Kier alpha value is -2.34. The molecule has 0 spiro atoms. The number of ether oxygens (including phenoxy) is 1. The summed E-state index contributed by atoms with van der Waals surface area (Å²) in [5.41, 5.74) is 2.77. The predicted octanol–water partition coefficient (Wildman–Crippen LogP) is 3.54. The van der Waals surface area contributed by atoms with Gasteiger partial charge in [-0.1, -0.05) is 30.4 Å². The molecule has 3 aromatic rings. The van der Waals surface area contributed by atoms with Crippen LogP contribution in [0.2, 0.25) is 0 Å². The Morgan fingerprint density at radius 2 is 2.09 bits per heavy atom. The summed E-state index contributed by atoms with van der Waals surface area (Å²) in [7, 11) is 0. The van der Waals surface area contributed by atoms with Crippen molar-refractivity contribution in [2.45, 2.75) is 26.9 Å².